The van der Waals surface area contributed by atoms with Gasteiger partial charge in [-0.2, -0.15) is 0 Å². The van der Waals surface area contributed by atoms with Crippen molar-refractivity contribution < 1.29 is 9.53 Å². The van der Waals surface area contributed by atoms with Crippen molar-refractivity contribution in [1.29, 1.82) is 0 Å². The summed E-state index contributed by atoms with van der Waals surface area (Å²) in [5.74, 6) is 0.121. The summed E-state index contributed by atoms with van der Waals surface area (Å²) in [4.78, 5) is 15.8. The van der Waals surface area contributed by atoms with E-state index in [2.05, 4.69) is 23.6 Å². The van der Waals surface area contributed by atoms with E-state index in [9.17, 15) is 4.79 Å². The molecule has 0 radical (unpaired) electrons. The molecular formula is C9H13NO2S. The van der Waals surface area contributed by atoms with Crippen molar-refractivity contribution in [1.82, 2.24) is 4.98 Å². The molecule has 3 nitrogen and oxygen atoms in total. The van der Waals surface area contributed by atoms with E-state index < -0.39 is 0 Å². The number of nitrogens with zero attached hydrogens (tertiary/aromatic N) is 1. The number of carbonyl (C=O) groups is 1. The highest BCUT2D eigenvalue weighted by Gasteiger charge is 2.13. The van der Waals surface area contributed by atoms with Gasteiger partial charge in [-0.25, -0.2) is 9.78 Å². The van der Waals surface area contributed by atoms with Crippen LogP contribution >= 0.6 is 11.3 Å². The summed E-state index contributed by atoms with van der Waals surface area (Å²) in [6, 6.07) is 0. The highest BCUT2D eigenvalue weighted by molar-refractivity contribution is 7.13. The van der Waals surface area contributed by atoms with E-state index in [0.717, 1.165) is 11.4 Å². The molecule has 1 aromatic rings. The molecule has 0 saturated carbocycles. The Bertz CT molecular complexity index is 296. The molecule has 1 atom stereocenters. The lowest BCUT2D eigenvalue weighted by atomic mass is 10.1. The topological polar surface area (TPSA) is 39.2 Å². The number of carbonyl (C=O) groups excluding carboxylic acids is 1. The van der Waals surface area contributed by atoms with Crippen LogP contribution in [0.1, 0.15) is 40.9 Å². The van der Waals surface area contributed by atoms with Crippen LogP contribution in [-0.2, 0) is 4.74 Å². The maximum atomic E-state index is 11.1. The Morgan fingerprint density at radius 2 is 2.46 bits per heavy atom. The predicted octanol–water partition coefficient (Wildman–Crippen LogP) is 2.44. The average molecular weight is 199 g/mol. The molecule has 0 aliphatic carbocycles. The molecule has 0 amide bonds. The Morgan fingerprint density at radius 3 is 3.00 bits per heavy atom. The van der Waals surface area contributed by atoms with Crippen molar-refractivity contribution in [3.05, 3.63) is 16.1 Å². The first-order valence-corrected chi connectivity index (χ1v) is 5.04. The SMILES string of the molecule is CCC(C)c1ncc(C(=O)OC)s1. The first-order chi connectivity index (χ1) is 6.19. The smallest absolute Gasteiger partial charge is 0.349 e. The van der Waals surface area contributed by atoms with E-state index in [1.165, 1.54) is 18.4 Å². The molecule has 13 heavy (non-hydrogen) atoms. The van der Waals surface area contributed by atoms with Crippen LogP contribution < -0.4 is 0 Å². The lowest BCUT2D eigenvalue weighted by molar-refractivity contribution is 0.0606. The molecule has 0 spiro atoms. The highest BCUT2D eigenvalue weighted by Crippen LogP contribution is 2.24. The van der Waals surface area contributed by atoms with Gasteiger partial charge < -0.3 is 4.74 Å². The van der Waals surface area contributed by atoms with Crippen LogP contribution in [0.5, 0.6) is 0 Å². The number of esters is 1. The minimum absolute atomic E-state index is 0.299. The van der Waals surface area contributed by atoms with Crippen molar-refractivity contribution >= 4 is 17.3 Å². The first kappa shape index (κ1) is 10.2. The molecule has 1 heterocycles. The van der Waals surface area contributed by atoms with Crippen LogP contribution in [0.3, 0.4) is 0 Å². The third kappa shape index (κ3) is 2.28. The Hall–Kier alpha value is -0.900. The molecular weight excluding hydrogens is 186 g/mol. The largest absolute Gasteiger partial charge is 0.465 e. The summed E-state index contributed by atoms with van der Waals surface area (Å²) in [6.07, 6.45) is 2.62. The van der Waals surface area contributed by atoms with Gasteiger partial charge in [0, 0.05) is 5.92 Å². The van der Waals surface area contributed by atoms with Gasteiger partial charge in [-0.3, -0.25) is 0 Å². The number of ether oxygens (including phenoxy) is 1. The summed E-state index contributed by atoms with van der Waals surface area (Å²) in [5, 5.41) is 1.00. The molecule has 4 heteroatoms. The van der Waals surface area contributed by atoms with Gasteiger partial charge in [-0.05, 0) is 6.42 Å². The second-order valence-electron chi connectivity index (χ2n) is 2.86. The van der Waals surface area contributed by atoms with Crippen molar-refractivity contribution in [2.24, 2.45) is 0 Å². The van der Waals surface area contributed by atoms with Crippen molar-refractivity contribution in [2.45, 2.75) is 26.2 Å². The molecule has 1 aromatic heterocycles. The van der Waals surface area contributed by atoms with E-state index in [1.807, 2.05) is 0 Å². The number of hydrogen-bond acceptors (Lipinski definition) is 4. The van der Waals surface area contributed by atoms with Gasteiger partial charge in [0.1, 0.15) is 4.88 Å². The summed E-state index contributed by atoms with van der Waals surface area (Å²) in [6.45, 7) is 4.20. The molecule has 0 bridgehead atoms. The third-order valence-corrected chi connectivity index (χ3v) is 3.15. The Balaban J connectivity index is 2.80. The summed E-state index contributed by atoms with van der Waals surface area (Å²) < 4.78 is 4.59. The molecule has 0 aromatic carbocycles. The van der Waals surface area contributed by atoms with Gasteiger partial charge in [-0.15, -0.1) is 11.3 Å². The van der Waals surface area contributed by atoms with Crippen LogP contribution in [0.4, 0.5) is 0 Å². The molecule has 1 rings (SSSR count). The van der Waals surface area contributed by atoms with Crippen LogP contribution in [0.15, 0.2) is 6.20 Å². The molecule has 0 aliphatic rings. The molecule has 72 valence electrons. The second kappa shape index (κ2) is 4.37. The number of aromatic nitrogens is 1. The Kier molecular flexibility index (Phi) is 3.42. The minimum atomic E-state index is -0.299. The number of rotatable bonds is 3. The molecule has 0 fully saturated rings. The van der Waals surface area contributed by atoms with Crippen molar-refractivity contribution in [2.75, 3.05) is 7.11 Å². The third-order valence-electron chi connectivity index (χ3n) is 1.94. The van der Waals surface area contributed by atoms with E-state index in [1.54, 1.807) is 6.20 Å². The summed E-state index contributed by atoms with van der Waals surface area (Å²) in [7, 11) is 1.38. The summed E-state index contributed by atoms with van der Waals surface area (Å²) >= 11 is 1.41. The number of thiazole rings is 1. The standard InChI is InChI=1S/C9H13NO2S/c1-4-6(2)8-10-5-7(13-8)9(11)12-3/h5-6H,4H2,1-3H3. The maximum absolute atomic E-state index is 11.1. The zero-order chi connectivity index (χ0) is 9.84. The zero-order valence-electron chi connectivity index (χ0n) is 8.03. The monoisotopic (exact) mass is 199 g/mol. The Labute approximate surface area is 81.8 Å². The molecule has 0 aliphatic heterocycles. The fourth-order valence-electron chi connectivity index (χ4n) is 0.885. The fraction of sp³-hybridized carbons (Fsp3) is 0.556. The van der Waals surface area contributed by atoms with Crippen LogP contribution in [-0.4, -0.2) is 18.1 Å². The minimum Gasteiger partial charge on any atom is -0.465 e. The average Bonchev–Trinajstić information content (AvgIpc) is 2.64. The van der Waals surface area contributed by atoms with Crippen molar-refractivity contribution in [3.8, 4) is 0 Å². The second-order valence-corrected chi connectivity index (χ2v) is 3.93. The van der Waals surface area contributed by atoms with Crippen LogP contribution in [0.25, 0.3) is 0 Å². The molecule has 0 saturated heterocycles. The van der Waals surface area contributed by atoms with Gasteiger partial charge in [0.05, 0.1) is 18.3 Å². The highest BCUT2D eigenvalue weighted by atomic mass is 32.1. The normalized spacial score (nSPS) is 12.5. The predicted molar refractivity (Wildman–Crippen MR) is 52.2 cm³/mol. The zero-order valence-corrected chi connectivity index (χ0v) is 8.85. The van der Waals surface area contributed by atoms with E-state index in [4.69, 9.17) is 0 Å². The van der Waals surface area contributed by atoms with Crippen LogP contribution in [0, 0.1) is 0 Å². The summed E-state index contributed by atoms with van der Waals surface area (Å²) in [5.41, 5.74) is 0. The maximum Gasteiger partial charge on any atom is 0.349 e. The number of methoxy groups -OCH3 is 1. The van der Waals surface area contributed by atoms with E-state index in [0.29, 0.717) is 10.8 Å². The van der Waals surface area contributed by atoms with Gasteiger partial charge in [0.15, 0.2) is 0 Å². The fourth-order valence-corrected chi connectivity index (χ4v) is 1.86. The van der Waals surface area contributed by atoms with Gasteiger partial charge in [-0.1, -0.05) is 13.8 Å². The van der Waals surface area contributed by atoms with Gasteiger partial charge in [0.2, 0.25) is 0 Å². The molecule has 1 unspecified atom stereocenters. The van der Waals surface area contributed by atoms with Gasteiger partial charge >= 0.3 is 5.97 Å². The molecule has 0 N–H and O–H groups in total. The number of hydrogen-bond donors (Lipinski definition) is 0. The lowest BCUT2D eigenvalue weighted by Gasteiger charge is -2.01. The Morgan fingerprint density at radius 1 is 1.77 bits per heavy atom. The van der Waals surface area contributed by atoms with E-state index >= 15 is 0 Å². The van der Waals surface area contributed by atoms with E-state index in [-0.39, 0.29) is 5.97 Å². The quantitative estimate of drug-likeness (QED) is 0.702. The first-order valence-electron chi connectivity index (χ1n) is 4.23. The van der Waals surface area contributed by atoms with Gasteiger partial charge in [0.25, 0.3) is 0 Å². The van der Waals surface area contributed by atoms with Crippen molar-refractivity contribution in [3.63, 3.8) is 0 Å². The lowest BCUT2D eigenvalue weighted by Crippen LogP contribution is -1.96. The van der Waals surface area contributed by atoms with Crippen LogP contribution in [0.2, 0.25) is 0 Å².